The molecule has 1 aliphatic rings. The second-order valence-electron chi connectivity index (χ2n) is 5.74. The zero-order chi connectivity index (χ0) is 17.6. The Hall–Kier alpha value is -2.47. The fraction of sp³-hybridized carbons (Fsp3) is 0.389. The summed E-state index contributed by atoms with van der Waals surface area (Å²) in [5.74, 6) is -1.57. The molecule has 24 heavy (non-hydrogen) atoms. The molecular weight excluding hydrogens is 308 g/mol. The van der Waals surface area contributed by atoms with Gasteiger partial charge in [-0.05, 0) is 37.9 Å². The largest absolute Gasteiger partial charge is 0.461 e. The van der Waals surface area contributed by atoms with E-state index >= 15 is 0 Å². The van der Waals surface area contributed by atoms with E-state index < -0.39 is 23.2 Å². The number of esters is 1. The minimum Gasteiger partial charge on any atom is -0.461 e. The van der Waals surface area contributed by atoms with Gasteiger partial charge in [0.05, 0.1) is 0 Å². The summed E-state index contributed by atoms with van der Waals surface area (Å²) in [7, 11) is 0. The number of carbonyl (C=O) groups excluding carboxylic acids is 3. The quantitative estimate of drug-likeness (QED) is 0.370. The Morgan fingerprint density at radius 1 is 1.33 bits per heavy atom. The van der Waals surface area contributed by atoms with Crippen molar-refractivity contribution in [2.24, 2.45) is 11.1 Å². The van der Waals surface area contributed by atoms with Crippen molar-refractivity contribution in [3.05, 3.63) is 48.6 Å². The van der Waals surface area contributed by atoms with Gasteiger partial charge in [-0.1, -0.05) is 30.9 Å². The number of nitrogens with two attached hydrogens (primary N) is 1. The highest BCUT2D eigenvalue weighted by Crippen LogP contribution is 2.36. The molecule has 1 atom stereocenters. The molecule has 6 heteroatoms. The molecule has 1 heterocycles. The van der Waals surface area contributed by atoms with E-state index in [0.29, 0.717) is 18.4 Å². The van der Waals surface area contributed by atoms with Crippen LogP contribution in [-0.4, -0.2) is 42.4 Å². The van der Waals surface area contributed by atoms with Crippen LogP contribution in [0, 0.1) is 5.41 Å². The van der Waals surface area contributed by atoms with Crippen molar-refractivity contribution in [3.8, 4) is 0 Å². The number of hydrogen-bond acceptors (Lipinski definition) is 5. The summed E-state index contributed by atoms with van der Waals surface area (Å²) in [6.07, 6.45) is 2.46. The molecule has 1 unspecified atom stereocenters. The van der Waals surface area contributed by atoms with Crippen molar-refractivity contribution in [3.63, 3.8) is 0 Å². The highest BCUT2D eigenvalue weighted by molar-refractivity contribution is 6.12. The van der Waals surface area contributed by atoms with Gasteiger partial charge in [-0.2, -0.15) is 0 Å². The summed E-state index contributed by atoms with van der Waals surface area (Å²) in [5.41, 5.74) is 4.64. The first-order valence-electron chi connectivity index (χ1n) is 7.96. The van der Waals surface area contributed by atoms with E-state index in [1.807, 2.05) is 0 Å². The van der Waals surface area contributed by atoms with Gasteiger partial charge in [0, 0.05) is 12.1 Å². The lowest BCUT2D eigenvalue weighted by Crippen LogP contribution is -2.55. The second kappa shape index (κ2) is 7.88. The molecule has 1 aromatic rings. The van der Waals surface area contributed by atoms with E-state index in [1.165, 1.54) is 6.08 Å². The summed E-state index contributed by atoms with van der Waals surface area (Å²) in [6, 6.07) is 8.54. The fourth-order valence-corrected chi connectivity index (χ4v) is 2.98. The average Bonchev–Trinajstić information content (AvgIpc) is 2.61. The van der Waals surface area contributed by atoms with Gasteiger partial charge in [0.15, 0.2) is 0 Å². The third-order valence-electron chi connectivity index (χ3n) is 4.20. The van der Waals surface area contributed by atoms with Crippen molar-refractivity contribution in [2.75, 3.05) is 19.7 Å². The minimum atomic E-state index is -1.39. The van der Waals surface area contributed by atoms with Crippen LogP contribution in [0.5, 0.6) is 0 Å². The number of imide groups is 1. The first kappa shape index (κ1) is 17.9. The zero-order valence-corrected chi connectivity index (χ0v) is 13.6. The predicted octanol–water partition coefficient (Wildman–Crippen LogP) is 1.51. The smallest absolute Gasteiger partial charge is 0.322 e. The van der Waals surface area contributed by atoms with Crippen LogP contribution in [0.15, 0.2) is 43.0 Å². The molecule has 2 rings (SSSR count). The molecule has 0 bridgehead atoms. The van der Waals surface area contributed by atoms with E-state index in [1.54, 1.807) is 30.3 Å². The Balaban J connectivity index is 2.30. The molecule has 128 valence electrons. The number of amides is 2. The van der Waals surface area contributed by atoms with Crippen LogP contribution < -0.4 is 5.73 Å². The summed E-state index contributed by atoms with van der Waals surface area (Å²) in [4.78, 5) is 39.3. The van der Waals surface area contributed by atoms with Gasteiger partial charge in [-0.25, -0.2) is 0 Å². The van der Waals surface area contributed by atoms with Gasteiger partial charge >= 0.3 is 5.97 Å². The lowest BCUT2D eigenvalue weighted by atomic mass is 9.76. The van der Waals surface area contributed by atoms with Crippen LogP contribution in [0.1, 0.15) is 29.6 Å². The van der Waals surface area contributed by atoms with E-state index in [-0.39, 0.29) is 26.1 Å². The second-order valence-corrected chi connectivity index (χ2v) is 5.74. The summed E-state index contributed by atoms with van der Waals surface area (Å²) < 4.78 is 5.12. The van der Waals surface area contributed by atoms with E-state index in [9.17, 15) is 14.4 Å². The standard InChI is InChI=1S/C18H22N2O4/c1-2-13-24-17(23)18(10-11-19)9-6-12-20(16(18)22)15(21)14-7-4-3-5-8-14/h2-5,7-8H,1,6,9-13,19H2. The number of rotatable bonds is 6. The SMILES string of the molecule is C=CCOC(=O)C1(CCN)CCCN(C(=O)c2ccccc2)C1=O. The van der Waals surface area contributed by atoms with Gasteiger partial charge in [-0.3, -0.25) is 19.3 Å². The van der Waals surface area contributed by atoms with Crippen LogP contribution in [0.25, 0.3) is 0 Å². The number of ether oxygens (including phenoxy) is 1. The van der Waals surface area contributed by atoms with Crippen LogP contribution in [0.3, 0.4) is 0 Å². The third kappa shape index (κ3) is 3.38. The number of benzene rings is 1. The normalized spacial score (nSPS) is 20.5. The van der Waals surface area contributed by atoms with Gasteiger partial charge in [-0.15, -0.1) is 0 Å². The van der Waals surface area contributed by atoms with Gasteiger partial charge in [0.25, 0.3) is 5.91 Å². The molecule has 1 aromatic carbocycles. The number of piperidine rings is 1. The summed E-state index contributed by atoms with van der Waals surface area (Å²) >= 11 is 0. The molecule has 0 aliphatic carbocycles. The fourth-order valence-electron chi connectivity index (χ4n) is 2.98. The van der Waals surface area contributed by atoms with Crippen molar-refractivity contribution >= 4 is 17.8 Å². The molecule has 2 amide bonds. The molecule has 0 spiro atoms. The Morgan fingerprint density at radius 2 is 2.04 bits per heavy atom. The Kier molecular flexibility index (Phi) is 5.87. The average molecular weight is 330 g/mol. The predicted molar refractivity (Wildman–Crippen MR) is 89.0 cm³/mol. The molecule has 0 aromatic heterocycles. The van der Waals surface area contributed by atoms with Crippen LogP contribution >= 0.6 is 0 Å². The van der Waals surface area contributed by atoms with Crippen LogP contribution in [-0.2, 0) is 14.3 Å². The molecule has 0 saturated carbocycles. The molecular formula is C18H22N2O4. The maximum Gasteiger partial charge on any atom is 0.322 e. The third-order valence-corrected chi connectivity index (χ3v) is 4.20. The highest BCUT2D eigenvalue weighted by atomic mass is 16.5. The minimum absolute atomic E-state index is 0.0189. The monoisotopic (exact) mass is 330 g/mol. The van der Waals surface area contributed by atoms with Gasteiger partial charge in [0.2, 0.25) is 5.91 Å². The maximum atomic E-state index is 13.0. The van der Waals surface area contributed by atoms with E-state index in [2.05, 4.69) is 6.58 Å². The number of nitrogens with zero attached hydrogens (tertiary/aromatic N) is 1. The number of likely N-dealkylation sites (tertiary alicyclic amines) is 1. The Labute approximate surface area is 141 Å². The lowest BCUT2D eigenvalue weighted by Gasteiger charge is -2.38. The zero-order valence-electron chi connectivity index (χ0n) is 13.6. The summed E-state index contributed by atoms with van der Waals surface area (Å²) in [6.45, 7) is 3.96. The van der Waals surface area contributed by atoms with E-state index in [0.717, 1.165) is 4.90 Å². The molecule has 1 saturated heterocycles. The van der Waals surface area contributed by atoms with Crippen molar-refractivity contribution < 1.29 is 19.1 Å². The molecule has 1 aliphatic heterocycles. The van der Waals surface area contributed by atoms with Gasteiger partial charge < -0.3 is 10.5 Å². The summed E-state index contributed by atoms with van der Waals surface area (Å²) in [5, 5.41) is 0. The maximum absolute atomic E-state index is 13.0. The molecule has 2 N–H and O–H groups in total. The highest BCUT2D eigenvalue weighted by Gasteiger charge is 2.52. The topological polar surface area (TPSA) is 89.7 Å². The van der Waals surface area contributed by atoms with Crippen molar-refractivity contribution in [2.45, 2.75) is 19.3 Å². The Bertz CT molecular complexity index is 625. The van der Waals surface area contributed by atoms with Crippen LogP contribution in [0.4, 0.5) is 0 Å². The molecule has 1 fully saturated rings. The lowest BCUT2D eigenvalue weighted by molar-refractivity contribution is -0.167. The molecule has 0 radical (unpaired) electrons. The van der Waals surface area contributed by atoms with Gasteiger partial charge in [0.1, 0.15) is 12.0 Å². The first-order chi connectivity index (χ1) is 11.6. The molecule has 6 nitrogen and oxygen atoms in total. The van der Waals surface area contributed by atoms with Crippen molar-refractivity contribution in [1.29, 1.82) is 0 Å². The number of hydrogen-bond donors (Lipinski definition) is 1. The number of carbonyl (C=O) groups is 3. The van der Waals surface area contributed by atoms with Crippen LogP contribution in [0.2, 0.25) is 0 Å². The first-order valence-corrected chi connectivity index (χ1v) is 7.96. The van der Waals surface area contributed by atoms with Crippen molar-refractivity contribution in [1.82, 2.24) is 4.90 Å². The Morgan fingerprint density at radius 3 is 2.67 bits per heavy atom. The van der Waals surface area contributed by atoms with E-state index in [4.69, 9.17) is 10.5 Å².